The highest BCUT2D eigenvalue weighted by Crippen LogP contribution is 2.23. The molecule has 1 aromatic heterocycles. The smallest absolute Gasteiger partial charge is 0.274 e. The summed E-state index contributed by atoms with van der Waals surface area (Å²) in [6.07, 6.45) is 3.76. The van der Waals surface area contributed by atoms with Gasteiger partial charge >= 0.3 is 0 Å². The second-order valence-electron chi connectivity index (χ2n) is 6.93. The highest BCUT2D eigenvalue weighted by atomic mass is 16.5. The van der Waals surface area contributed by atoms with Gasteiger partial charge < -0.3 is 20.3 Å². The Kier molecular flexibility index (Phi) is 6.81. The van der Waals surface area contributed by atoms with E-state index in [1.165, 1.54) is 6.33 Å². The Balaban J connectivity index is 1.64. The Morgan fingerprint density at radius 1 is 1.25 bits per heavy atom. The van der Waals surface area contributed by atoms with Crippen LogP contribution in [0.5, 0.6) is 0 Å². The number of aryl methyl sites for hydroxylation is 1. The van der Waals surface area contributed by atoms with Crippen LogP contribution >= 0.6 is 0 Å². The number of hydrogen-bond acceptors (Lipinski definition) is 6. The van der Waals surface area contributed by atoms with E-state index in [-0.39, 0.29) is 12.0 Å². The van der Waals surface area contributed by atoms with Crippen LogP contribution in [0.1, 0.15) is 42.7 Å². The van der Waals surface area contributed by atoms with Gasteiger partial charge in [-0.05, 0) is 57.4 Å². The zero-order valence-corrected chi connectivity index (χ0v) is 16.9. The fraction of sp³-hybridized carbons (Fsp3) is 0.476. The second-order valence-corrected chi connectivity index (χ2v) is 6.93. The van der Waals surface area contributed by atoms with Crippen LogP contribution in [-0.4, -0.2) is 48.2 Å². The predicted octanol–water partition coefficient (Wildman–Crippen LogP) is 3.47. The molecule has 0 bridgehead atoms. The minimum atomic E-state index is -0.249. The van der Waals surface area contributed by atoms with Crippen LogP contribution in [0.2, 0.25) is 0 Å². The minimum Gasteiger partial charge on any atom is -0.376 e. The van der Waals surface area contributed by atoms with E-state index in [0.717, 1.165) is 49.5 Å². The number of carbonyl (C=O) groups excluding carboxylic acids is 1. The average Bonchev–Trinajstić information content (AvgIpc) is 3.23. The van der Waals surface area contributed by atoms with Gasteiger partial charge in [0, 0.05) is 43.7 Å². The number of benzene rings is 1. The molecule has 2 aromatic rings. The maximum atomic E-state index is 12.6. The normalized spacial score (nSPS) is 16.0. The molecule has 7 nitrogen and oxygen atoms in total. The predicted molar refractivity (Wildman–Crippen MR) is 112 cm³/mol. The van der Waals surface area contributed by atoms with Crippen molar-refractivity contribution in [1.29, 1.82) is 0 Å². The lowest BCUT2D eigenvalue weighted by Gasteiger charge is -2.22. The third-order valence-electron chi connectivity index (χ3n) is 5.02. The summed E-state index contributed by atoms with van der Waals surface area (Å²) < 4.78 is 5.60. The van der Waals surface area contributed by atoms with Gasteiger partial charge in [-0.1, -0.05) is 0 Å². The molecule has 1 aliphatic heterocycles. The first-order chi connectivity index (χ1) is 13.6. The van der Waals surface area contributed by atoms with Gasteiger partial charge in [0.05, 0.1) is 6.10 Å². The van der Waals surface area contributed by atoms with Crippen LogP contribution in [0.25, 0.3) is 0 Å². The summed E-state index contributed by atoms with van der Waals surface area (Å²) in [5.41, 5.74) is 3.29. The van der Waals surface area contributed by atoms with Gasteiger partial charge in [-0.15, -0.1) is 0 Å². The fourth-order valence-electron chi connectivity index (χ4n) is 3.36. The van der Waals surface area contributed by atoms with E-state index < -0.39 is 0 Å². The Morgan fingerprint density at radius 2 is 2.07 bits per heavy atom. The molecule has 150 valence electrons. The standard InChI is InChI=1S/C21H29N5O2/c1-4-26(5-2)16-8-9-18(15(3)11-16)25-21(27)19-12-20(24-14-23-19)22-13-17-7-6-10-28-17/h8-9,11-12,14,17H,4-7,10,13H2,1-3H3,(H,25,27)(H,22,23,24). The summed E-state index contributed by atoms with van der Waals surface area (Å²) in [5, 5.41) is 6.18. The Labute approximate surface area is 166 Å². The molecule has 1 fully saturated rings. The molecule has 1 aliphatic rings. The monoisotopic (exact) mass is 383 g/mol. The first-order valence-electron chi connectivity index (χ1n) is 9.95. The van der Waals surface area contributed by atoms with Crippen LogP contribution in [0.3, 0.4) is 0 Å². The molecule has 0 saturated carbocycles. The highest BCUT2D eigenvalue weighted by molar-refractivity contribution is 6.03. The van der Waals surface area contributed by atoms with Gasteiger partial charge in [0.1, 0.15) is 17.8 Å². The van der Waals surface area contributed by atoms with Crippen molar-refractivity contribution in [3.05, 3.63) is 41.9 Å². The van der Waals surface area contributed by atoms with Crippen molar-refractivity contribution < 1.29 is 9.53 Å². The first-order valence-corrected chi connectivity index (χ1v) is 9.95. The molecule has 7 heteroatoms. The lowest BCUT2D eigenvalue weighted by molar-refractivity contribution is 0.102. The molecule has 1 unspecified atom stereocenters. The van der Waals surface area contributed by atoms with E-state index in [0.29, 0.717) is 18.1 Å². The van der Waals surface area contributed by atoms with E-state index >= 15 is 0 Å². The molecule has 3 rings (SSSR count). The van der Waals surface area contributed by atoms with Gasteiger partial charge in [0.25, 0.3) is 5.91 Å². The number of anilines is 3. The van der Waals surface area contributed by atoms with Crippen molar-refractivity contribution >= 4 is 23.1 Å². The molecule has 28 heavy (non-hydrogen) atoms. The molecule has 1 atom stereocenters. The van der Waals surface area contributed by atoms with E-state index in [4.69, 9.17) is 4.74 Å². The lowest BCUT2D eigenvalue weighted by atomic mass is 10.1. The van der Waals surface area contributed by atoms with E-state index in [9.17, 15) is 4.79 Å². The molecule has 0 aliphatic carbocycles. The number of hydrogen-bond donors (Lipinski definition) is 2. The third kappa shape index (κ3) is 4.98. The summed E-state index contributed by atoms with van der Waals surface area (Å²) in [4.78, 5) is 23.2. The molecule has 2 N–H and O–H groups in total. The Hall–Kier alpha value is -2.67. The van der Waals surface area contributed by atoms with Gasteiger partial charge in [-0.25, -0.2) is 9.97 Å². The van der Waals surface area contributed by atoms with Crippen molar-refractivity contribution in [2.45, 2.75) is 39.7 Å². The van der Waals surface area contributed by atoms with Gasteiger partial charge in [0.2, 0.25) is 0 Å². The number of nitrogens with zero attached hydrogens (tertiary/aromatic N) is 3. The number of amides is 1. The Morgan fingerprint density at radius 3 is 2.75 bits per heavy atom. The van der Waals surface area contributed by atoms with Crippen LogP contribution < -0.4 is 15.5 Å². The van der Waals surface area contributed by atoms with Crippen molar-refractivity contribution in [3.63, 3.8) is 0 Å². The van der Waals surface area contributed by atoms with Crippen molar-refractivity contribution in [3.8, 4) is 0 Å². The SMILES string of the molecule is CCN(CC)c1ccc(NC(=O)c2cc(NCC3CCCO3)ncn2)c(C)c1. The molecule has 1 amide bonds. The van der Waals surface area contributed by atoms with Gasteiger partial charge in [0.15, 0.2) is 0 Å². The number of rotatable bonds is 8. The maximum Gasteiger partial charge on any atom is 0.274 e. The summed E-state index contributed by atoms with van der Waals surface area (Å²) in [5.74, 6) is 0.380. The van der Waals surface area contributed by atoms with Crippen molar-refractivity contribution in [2.75, 3.05) is 41.8 Å². The molecular weight excluding hydrogens is 354 g/mol. The molecular formula is C21H29N5O2. The number of carbonyl (C=O) groups is 1. The highest BCUT2D eigenvalue weighted by Gasteiger charge is 2.16. The third-order valence-corrected chi connectivity index (χ3v) is 5.02. The lowest BCUT2D eigenvalue weighted by Crippen LogP contribution is -2.22. The largest absolute Gasteiger partial charge is 0.376 e. The number of ether oxygens (including phenoxy) is 1. The summed E-state index contributed by atoms with van der Waals surface area (Å²) >= 11 is 0. The molecule has 1 saturated heterocycles. The summed E-state index contributed by atoms with van der Waals surface area (Å²) in [7, 11) is 0. The quantitative estimate of drug-likeness (QED) is 0.727. The molecule has 0 radical (unpaired) electrons. The van der Waals surface area contributed by atoms with Crippen LogP contribution in [0.4, 0.5) is 17.2 Å². The topological polar surface area (TPSA) is 79.4 Å². The van der Waals surface area contributed by atoms with Crippen LogP contribution in [0, 0.1) is 6.92 Å². The van der Waals surface area contributed by atoms with Gasteiger partial charge in [-0.3, -0.25) is 4.79 Å². The molecule has 2 heterocycles. The number of nitrogens with one attached hydrogen (secondary N) is 2. The van der Waals surface area contributed by atoms with E-state index in [1.807, 2.05) is 19.1 Å². The maximum absolute atomic E-state index is 12.6. The van der Waals surface area contributed by atoms with Crippen molar-refractivity contribution in [2.24, 2.45) is 0 Å². The van der Waals surface area contributed by atoms with Gasteiger partial charge in [-0.2, -0.15) is 0 Å². The molecule has 1 aromatic carbocycles. The van der Waals surface area contributed by atoms with E-state index in [2.05, 4.69) is 45.4 Å². The summed E-state index contributed by atoms with van der Waals surface area (Å²) in [6.45, 7) is 9.66. The molecule has 0 spiro atoms. The number of aromatic nitrogens is 2. The zero-order valence-electron chi connectivity index (χ0n) is 16.9. The second kappa shape index (κ2) is 9.50. The summed E-state index contributed by atoms with van der Waals surface area (Å²) in [6, 6.07) is 7.74. The average molecular weight is 383 g/mol. The van der Waals surface area contributed by atoms with Crippen LogP contribution in [-0.2, 0) is 4.74 Å². The Bertz CT molecular complexity index is 801. The fourth-order valence-corrected chi connectivity index (χ4v) is 3.36. The zero-order chi connectivity index (χ0) is 19.9. The van der Waals surface area contributed by atoms with E-state index in [1.54, 1.807) is 6.07 Å². The minimum absolute atomic E-state index is 0.208. The first kappa shape index (κ1) is 20.1. The van der Waals surface area contributed by atoms with Crippen molar-refractivity contribution in [1.82, 2.24) is 9.97 Å². The van der Waals surface area contributed by atoms with Crippen LogP contribution in [0.15, 0.2) is 30.6 Å².